The average molecular weight is 358 g/mol. The maximum absolute atomic E-state index is 12.2. The van der Waals surface area contributed by atoms with Crippen molar-refractivity contribution in [2.75, 3.05) is 19.0 Å². The molecule has 1 aliphatic rings. The number of aryl methyl sites for hydroxylation is 1. The molecule has 3 amide bonds. The lowest BCUT2D eigenvalue weighted by Crippen LogP contribution is -2.32. The van der Waals surface area contributed by atoms with Crippen LogP contribution in [0.4, 0.5) is 5.69 Å². The molecule has 136 valence electrons. The van der Waals surface area contributed by atoms with Crippen LogP contribution < -0.4 is 10.1 Å². The molecule has 1 N–H and O–H groups in total. The Morgan fingerprint density at radius 3 is 2.62 bits per heavy atom. The largest absolute Gasteiger partial charge is 0.494 e. The van der Waals surface area contributed by atoms with E-state index in [2.05, 4.69) is 20.8 Å². The van der Waals surface area contributed by atoms with E-state index >= 15 is 0 Å². The van der Waals surface area contributed by atoms with Crippen LogP contribution in [0.15, 0.2) is 18.2 Å². The Hall–Kier alpha value is -3.30. The molecule has 2 heterocycles. The number of tetrazole rings is 1. The molecule has 3 rings (SSSR count). The van der Waals surface area contributed by atoms with Gasteiger partial charge in [-0.25, -0.2) is 0 Å². The van der Waals surface area contributed by atoms with Crippen LogP contribution in [0.2, 0.25) is 0 Å². The summed E-state index contributed by atoms with van der Waals surface area (Å²) in [6.45, 7) is 1.83. The molecule has 0 unspecified atom stereocenters. The fraction of sp³-hybridized carbons (Fsp3) is 0.375. The van der Waals surface area contributed by atoms with Crippen LogP contribution in [0.1, 0.15) is 25.1 Å². The first-order chi connectivity index (χ1) is 12.5. The van der Waals surface area contributed by atoms with E-state index < -0.39 is 0 Å². The number of imide groups is 1. The van der Waals surface area contributed by atoms with Crippen molar-refractivity contribution in [3.63, 3.8) is 0 Å². The normalized spacial score (nSPS) is 14.0. The summed E-state index contributed by atoms with van der Waals surface area (Å²) in [6, 6.07) is 5.07. The number of aromatic nitrogens is 4. The predicted molar refractivity (Wildman–Crippen MR) is 89.6 cm³/mol. The highest BCUT2D eigenvalue weighted by atomic mass is 16.5. The molecule has 0 radical (unpaired) electrons. The molecular weight excluding hydrogens is 340 g/mol. The number of ether oxygens (including phenoxy) is 1. The summed E-state index contributed by atoms with van der Waals surface area (Å²) in [5.74, 6) is 0.346. The SMILES string of the molecule is COc1ccc(NC(=O)CCN2C(=O)CCC2=O)cc1-n1nnnc1C. The fourth-order valence-corrected chi connectivity index (χ4v) is 2.70. The monoisotopic (exact) mass is 358 g/mol. The lowest BCUT2D eigenvalue weighted by molar-refractivity contribution is -0.138. The summed E-state index contributed by atoms with van der Waals surface area (Å²) in [7, 11) is 1.53. The zero-order valence-corrected chi connectivity index (χ0v) is 14.4. The third-order valence-corrected chi connectivity index (χ3v) is 4.03. The molecule has 0 saturated carbocycles. The number of carbonyl (C=O) groups is 3. The third kappa shape index (κ3) is 3.53. The Labute approximate surface area is 149 Å². The van der Waals surface area contributed by atoms with Gasteiger partial charge >= 0.3 is 0 Å². The summed E-state index contributed by atoms with van der Waals surface area (Å²) in [5, 5.41) is 14.1. The lowest BCUT2D eigenvalue weighted by Gasteiger charge is -2.14. The topological polar surface area (TPSA) is 119 Å². The average Bonchev–Trinajstić information content (AvgIpc) is 3.18. The molecule has 1 aromatic heterocycles. The molecule has 10 nitrogen and oxygen atoms in total. The van der Waals surface area contributed by atoms with Crippen molar-refractivity contribution in [2.45, 2.75) is 26.2 Å². The van der Waals surface area contributed by atoms with Gasteiger partial charge in [0.15, 0.2) is 5.82 Å². The summed E-state index contributed by atoms with van der Waals surface area (Å²) in [4.78, 5) is 36.4. The number of carbonyl (C=O) groups excluding carboxylic acids is 3. The number of amides is 3. The number of nitrogens with zero attached hydrogens (tertiary/aromatic N) is 5. The number of benzene rings is 1. The number of likely N-dealkylation sites (tertiary alicyclic amines) is 1. The zero-order valence-electron chi connectivity index (χ0n) is 14.4. The van der Waals surface area contributed by atoms with Crippen molar-refractivity contribution < 1.29 is 19.1 Å². The molecule has 1 fully saturated rings. The van der Waals surface area contributed by atoms with E-state index in [9.17, 15) is 14.4 Å². The number of hydrogen-bond donors (Lipinski definition) is 1. The summed E-state index contributed by atoms with van der Waals surface area (Å²) < 4.78 is 6.81. The standard InChI is InChI=1S/C16H18N6O4/c1-10-18-19-20-22(10)12-9-11(3-4-13(12)26-2)17-14(23)7-8-21-15(24)5-6-16(21)25/h3-4,9H,5-8H2,1-2H3,(H,17,23). The van der Waals surface area contributed by atoms with Crippen LogP contribution in [-0.4, -0.2) is 56.5 Å². The van der Waals surface area contributed by atoms with Gasteiger partial charge in [-0.15, -0.1) is 5.10 Å². The smallest absolute Gasteiger partial charge is 0.229 e. The summed E-state index contributed by atoms with van der Waals surface area (Å²) >= 11 is 0. The van der Waals surface area contributed by atoms with Crippen LogP contribution in [0.25, 0.3) is 5.69 Å². The van der Waals surface area contributed by atoms with E-state index in [0.29, 0.717) is 22.9 Å². The van der Waals surface area contributed by atoms with E-state index in [1.807, 2.05) is 0 Å². The van der Waals surface area contributed by atoms with Crippen molar-refractivity contribution in [3.05, 3.63) is 24.0 Å². The molecular formula is C16H18N6O4. The van der Waals surface area contributed by atoms with Crippen molar-refractivity contribution >= 4 is 23.4 Å². The lowest BCUT2D eigenvalue weighted by atomic mass is 10.2. The van der Waals surface area contributed by atoms with Gasteiger partial charge in [0, 0.05) is 31.5 Å². The number of rotatable bonds is 6. The molecule has 26 heavy (non-hydrogen) atoms. The van der Waals surface area contributed by atoms with Crippen molar-refractivity contribution in [1.82, 2.24) is 25.1 Å². The maximum Gasteiger partial charge on any atom is 0.229 e. The highest BCUT2D eigenvalue weighted by Gasteiger charge is 2.28. The van der Waals surface area contributed by atoms with Gasteiger partial charge in [0.05, 0.1) is 7.11 Å². The van der Waals surface area contributed by atoms with Gasteiger partial charge in [-0.3, -0.25) is 19.3 Å². The molecule has 1 aliphatic heterocycles. The molecule has 10 heteroatoms. The Bertz CT molecular complexity index is 846. The Balaban J connectivity index is 1.70. The second-order valence-corrected chi connectivity index (χ2v) is 5.76. The minimum absolute atomic E-state index is 0.0305. The Morgan fingerprint density at radius 1 is 1.27 bits per heavy atom. The second-order valence-electron chi connectivity index (χ2n) is 5.76. The molecule has 1 saturated heterocycles. The predicted octanol–water partition coefficient (Wildman–Crippen LogP) is 0.457. The number of anilines is 1. The van der Waals surface area contributed by atoms with E-state index in [0.717, 1.165) is 4.90 Å². The first-order valence-electron chi connectivity index (χ1n) is 8.06. The molecule has 0 atom stereocenters. The fourth-order valence-electron chi connectivity index (χ4n) is 2.70. The van der Waals surface area contributed by atoms with Crippen LogP contribution in [0.3, 0.4) is 0 Å². The van der Waals surface area contributed by atoms with Crippen molar-refractivity contribution in [2.24, 2.45) is 0 Å². The van der Waals surface area contributed by atoms with E-state index in [1.165, 1.54) is 11.8 Å². The third-order valence-electron chi connectivity index (χ3n) is 4.03. The van der Waals surface area contributed by atoms with Gasteiger partial charge < -0.3 is 10.1 Å². The molecule has 1 aromatic carbocycles. The van der Waals surface area contributed by atoms with E-state index in [-0.39, 0.29) is 43.5 Å². The Kier molecular flexibility index (Phi) is 4.92. The van der Waals surface area contributed by atoms with Gasteiger partial charge in [0.25, 0.3) is 0 Å². The minimum Gasteiger partial charge on any atom is -0.494 e. The number of nitrogens with one attached hydrogen (secondary N) is 1. The van der Waals surface area contributed by atoms with Crippen LogP contribution in [-0.2, 0) is 14.4 Å². The number of methoxy groups -OCH3 is 1. The van der Waals surface area contributed by atoms with Gasteiger partial charge in [-0.1, -0.05) is 0 Å². The van der Waals surface area contributed by atoms with Crippen molar-refractivity contribution in [1.29, 1.82) is 0 Å². The first kappa shape index (κ1) is 17.5. The summed E-state index contributed by atoms with van der Waals surface area (Å²) in [5.41, 5.74) is 1.11. The Morgan fingerprint density at radius 2 is 2.00 bits per heavy atom. The van der Waals surface area contributed by atoms with Gasteiger partial charge in [-0.05, 0) is 35.5 Å². The van der Waals surface area contributed by atoms with Gasteiger partial charge in [0.1, 0.15) is 11.4 Å². The maximum atomic E-state index is 12.2. The molecule has 0 aliphatic carbocycles. The zero-order chi connectivity index (χ0) is 18.7. The highest BCUT2D eigenvalue weighted by molar-refractivity contribution is 6.02. The molecule has 0 bridgehead atoms. The quantitative estimate of drug-likeness (QED) is 0.745. The van der Waals surface area contributed by atoms with E-state index in [4.69, 9.17) is 4.74 Å². The van der Waals surface area contributed by atoms with E-state index in [1.54, 1.807) is 25.1 Å². The second kappa shape index (κ2) is 7.30. The van der Waals surface area contributed by atoms with Gasteiger partial charge in [0.2, 0.25) is 17.7 Å². The molecule has 0 spiro atoms. The molecule has 2 aromatic rings. The van der Waals surface area contributed by atoms with Crippen LogP contribution >= 0.6 is 0 Å². The highest BCUT2D eigenvalue weighted by Crippen LogP contribution is 2.26. The van der Waals surface area contributed by atoms with Crippen molar-refractivity contribution in [3.8, 4) is 11.4 Å². The van der Waals surface area contributed by atoms with Gasteiger partial charge in [-0.2, -0.15) is 4.68 Å². The van der Waals surface area contributed by atoms with Crippen LogP contribution in [0, 0.1) is 6.92 Å². The van der Waals surface area contributed by atoms with Crippen LogP contribution in [0.5, 0.6) is 5.75 Å². The first-order valence-corrected chi connectivity index (χ1v) is 8.06. The minimum atomic E-state index is -0.304. The number of hydrogen-bond acceptors (Lipinski definition) is 7. The summed E-state index contributed by atoms with van der Waals surface area (Å²) in [6.07, 6.45) is 0.462.